The van der Waals surface area contributed by atoms with Gasteiger partial charge < -0.3 is 10.6 Å². The third-order valence-corrected chi connectivity index (χ3v) is 4.70. The van der Waals surface area contributed by atoms with Crippen molar-refractivity contribution in [3.05, 3.63) is 35.9 Å². The molecule has 1 aliphatic carbocycles. The minimum absolute atomic E-state index is 0.130. The SMILES string of the molecule is O=C(Cc1ccccc1)NC([NH2+]C1CCCCC1)C(Cl)(Cl)Cl. The Kier molecular flexibility index (Phi) is 6.82. The van der Waals surface area contributed by atoms with Crippen molar-refractivity contribution in [2.75, 3.05) is 0 Å². The molecule has 3 nitrogen and oxygen atoms in total. The van der Waals surface area contributed by atoms with Gasteiger partial charge in [0.2, 0.25) is 12.1 Å². The summed E-state index contributed by atoms with van der Waals surface area (Å²) in [4.78, 5) is 12.2. The number of rotatable bonds is 5. The fraction of sp³-hybridized carbons (Fsp3) is 0.562. The number of hydrogen-bond donors (Lipinski definition) is 2. The van der Waals surface area contributed by atoms with Crippen LogP contribution in [0.15, 0.2) is 30.3 Å². The average Bonchev–Trinajstić information content (AvgIpc) is 2.48. The number of nitrogens with two attached hydrogens (primary N) is 1. The normalized spacial score (nSPS) is 18.0. The Morgan fingerprint density at radius 2 is 1.82 bits per heavy atom. The summed E-state index contributed by atoms with van der Waals surface area (Å²) < 4.78 is -1.52. The van der Waals surface area contributed by atoms with E-state index in [-0.39, 0.29) is 12.3 Å². The summed E-state index contributed by atoms with van der Waals surface area (Å²) in [7, 11) is 0. The van der Waals surface area contributed by atoms with Crippen molar-refractivity contribution in [3.8, 4) is 0 Å². The first-order valence-corrected chi connectivity index (χ1v) is 8.83. The highest BCUT2D eigenvalue weighted by Crippen LogP contribution is 2.28. The number of carbonyl (C=O) groups excluding carboxylic acids is 1. The van der Waals surface area contributed by atoms with Crippen LogP contribution >= 0.6 is 34.8 Å². The van der Waals surface area contributed by atoms with Crippen LogP contribution in [0.5, 0.6) is 0 Å². The van der Waals surface area contributed by atoms with Crippen molar-refractivity contribution in [1.29, 1.82) is 0 Å². The van der Waals surface area contributed by atoms with Gasteiger partial charge in [0, 0.05) is 0 Å². The van der Waals surface area contributed by atoms with Crippen LogP contribution < -0.4 is 10.6 Å². The first-order valence-electron chi connectivity index (χ1n) is 7.70. The molecule has 6 heteroatoms. The van der Waals surface area contributed by atoms with E-state index >= 15 is 0 Å². The first-order chi connectivity index (χ1) is 10.4. The van der Waals surface area contributed by atoms with Gasteiger partial charge in [-0.05, 0) is 31.2 Å². The zero-order valence-electron chi connectivity index (χ0n) is 12.4. The van der Waals surface area contributed by atoms with E-state index in [1.54, 1.807) is 0 Å². The van der Waals surface area contributed by atoms with Gasteiger partial charge in [-0.1, -0.05) is 71.6 Å². The van der Waals surface area contributed by atoms with Crippen LogP contribution in [0.3, 0.4) is 0 Å². The molecule has 0 aromatic heterocycles. The number of carbonyl (C=O) groups is 1. The van der Waals surface area contributed by atoms with Crippen molar-refractivity contribution in [1.82, 2.24) is 5.32 Å². The Hall–Kier alpha value is -0.480. The lowest BCUT2D eigenvalue weighted by Gasteiger charge is -2.29. The standard InChI is InChI=1S/C16H21Cl3N2O/c17-16(18,19)15(20-13-9-5-2-6-10-13)21-14(22)11-12-7-3-1-4-8-12/h1,3-4,7-8,13,15,20H,2,5-6,9-11H2,(H,21,22)/p+1. The van der Waals surface area contributed by atoms with Crippen molar-refractivity contribution in [2.45, 2.75) is 54.5 Å². The van der Waals surface area contributed by atoms with Crippen molar-refractivity contribution >= 4 is 40.7 Å². The lowest BCUT2D eigenvalue weighted by molar-refractivity contribution is -0.726. The van der Waals surface area contributed by atoms with Gasteiger partial charge in [-0.15, -0.1) is 0 Å². The van der Waals surface area contributed by atoms with Gasteiger partial charge in [0.25, 0.3) is 3.79 Å². The summed E-state index contributed by atoms with van der Waals surface area (Å²) in [5, 5.41) is 4.87. The Balaban J connectivity index is 1.92. The monoisotopic (exact) mass is 363 g/mol. The number of halogens is 3. The van der Waals surface area contributed by atoms with E-state index in [0.29, 0.717) is 6.04 Å². The zero-order chi connectivity index (χ0) is 16.0. The summed E-state index contributed by atoms with van der Waals surface area (Å²) in [6.45, 7) is 0. The van der Waals surface area contributed by atoms with Crippen LogP contribution in [0.25, 0.3) is 0 Å². The first kappa shape index (κ1) is 17.9. The topological polar surface area (TPSA) is 45.7 Å². The Morgan fingerprint density at radius 3 is 2.41 bits per heavy atom. The van der Waals surface area contributed by atoms with Crippen LogP contribution in [-0.4, -0.2) is 21.9 Å². The van der Waals surface area contributed by atoms with E-state index in [1.807, 2.05) is 35.6 Å². The van der Waals surface area contributed by atoms with E-state index in [9.17, 15) is 4.79 Å². The number of quaternary nitrogens is 1. The average molecular weight is 365 g/mol. The highest BCUT2D eigenvalue weighted by Gasteiger charge is 2.39. The summed E-state index contributed by atoms with van der Waals surface area (Å²) >= 11 is 18.2. The smallest absolute Gasteiger partial charge is 0.262 e. The molecular formula is C16H22Cl3N2O+. The van der Waals surface area contributed by atoms with Gasteiger partial charge in [0.1, 0.15) is 0 Å². The Bertz CT molecular complexity index is 470. The number of hydrogen-bond acceptors (Lipinski definition) is 1. The molecule has 1 atom stereocenters. The quantitative estimate of drug-likeness (QED) is 0.612. The molecule has 0 saturated heterocycles. The van der Waals surface area contributed by atoms with Crippen LogP contribution in [-0.2, 0) is 11.2 Å². The number of alkyl halides is 3. The second-order valence-corrected chi connectivity index (χ2v) is 8.21. The predicted octanol–water partition coefficient (Wildman–Crippen LogP) is 2.94. The number of amides is 1. The maximum Gasteiger partial charge on any atom is 0.262 e. The van der Waals surface area contributed by atoms with Crippen LogP contribution in [0.1, 0.15) is 37.7 Å². The predicted molar refractivity (Wildman–Crippen MR) is 91.2 cm³/mol. The highest BCUT2D eigenvalue weighted by atomic mass is 35.6. The second-order valence-electron chi connectivity index (χ2n) is 5.84. The highest BCUT2D eigenvalue weighted by molar-refractivity contribution is 6.68. The largest absolute Gasteiger partial charge is 0.321 e. The van der Waals surface area contributed by atoms with E-state index in [4.69, 9.17) is 34.8 Å². The maximum absolute atomic E-state index is 12.2. The molecule has 0 heterocycles. The summed E-state index contributed by atoms with van der Waals surface area (Å²) in [5.74, 6) is -0.130. The lowest BCUT2D eigenvalue weighted by atomic mass is 9.95. The lowest BCUT2D eigenvalue weighted by Crippen LogP contribution is -3.00. The minimum Gasteiger partial charge on any atom is -0.321 e. The fourth-order valence-electron chi connectivity index (χ4n) is 2.84. The molecular weight excluding hydrogens is 343 g/mol. The van der Waals surface area contributed by atoms with Crippen molar-refractivity contribution in [2.24, 2.45) is 0 Å². The summed E-state index contributed by atoms with van der Waals surface area (Å²) in [5.41, 5.74) is 0.945. The molecule has 22 heavy (non-hydrogen) atoms. The summed E-state index contributed by atoms with van der Waals surface area (Å²) in [6, 6.07) is 9.96. The molecule has 0 aliphatic heterocycles. The number of nitrogens with one attached hydrogen (secondary N) is 1. The summed E-state index contributed by atoms with van der Waals surface area (Å²) in [6.07, 6.45) is 5.60. The fourth-order valence-corrected chi connectivity index (χ4v) is 3.23. The molecule has 122 valence electrons. The molecule has 0 radical (unpaired) electrons. The molecule has 1 aromatic rings. The molecule has 1 aromatic carbocycles. The maximum atomic E-state index is 12.2. The van der Waals surface area contributed by atoms with Crippen molar-refractivity contribution < 1.29 is 10.1 Å². The molecule has 0 spiro atoms. The van der Waals surface area contributed by atoms with E-state index in [2.05, 4.69) is 5.32 Å². The van der Waals surface area contributed by atoms with Crippen molar-refractivity contribution in [3.63, 3.8) is 0 Å². The molecule has 1 aliphatic rings. The molecule has 1 unspecified atom stereocenters. The molecule has 3 N–H and O–H groups in total. The second kappa shape index (κ2) is 8.39. The van der Waals surface area contributed by atoms with Crippen LogP contribution in [0.4, 0.5) is 0 Å². The van der Waals surface area contributed by atoms with Gasteiger partial charge in [-0.25, -0.2) is 0 Å². The molecule has 1 saturated carbocycles. The Morgan fingerprint density at radius 1 is 1.18 bits per heavy atom. The van der Waals surface area contributed by atoms with Gasteiger partial charge in [-0.2, -0.15) is 0 Å². The van der Waals surface area contributed by atoms with Crippen LogP contribution in [0.2, 0.25) is 0 Å². The Labute approximate surface area is 146 Å². The molecule has 2 rings (SSSR count). The zero-order valence-corrected chi connectivity index (χ0v) is 14.7. The van der Waals surface area contributed by atoms with E-state index in [1.165, 1.54) is 19.3 Å². The van der Waals surface area contributed by atoms with Gasteiger partial charge in [0.05, 0.1) is 12.5 Å². The van der Waals surface area contributed by atoms with Gasteiger partial charge in [-0.3, -0.25) is 4.79 Å². The molecule has 1 fully saturated rings. The van der Waals surface area contributed by atoms with E-state index in [0.717, 1.165) is 18.4 Å². The number of benzene rings is 1. The third-order valence-electron chi connectivity index (χ3n) is 3.99. The van der Waals surface area contributed by atoms with Gasteiger partial charge in [0.15, 0.2) is 0 Å². The van der Waals surface area contributed by atoms with Gasteiger partial charge >= 0.3 is 0 Å². The molecule has 0 bridgehead atoms. The minimum atomic E-state index is -1.52. The van der Waals surface area contributed by atoms with E-state index < -0.39 is 9.96 Å². The van der Waals surface area contributed by atoms with Crippen LogP contribution in [0, 0.1) is 0 Å². The third kappa shape index (κ3) is 5.96. The molecule has 1 amide bonds.